The molecule has 7 nitrogen and oxygen atoms in total. The van der Waals surface area contributed by atoms with Gasteiger partial charge in [-0.25, -0.2) is 4.98 Å². The summed E-state index contributed by atoms with van der Waals surface area (Å²) in [7, 11) is 0. The van der Waals surface area contributed by atoms with E-state index in [0.29, 0.717) is 5.02 Å². The molecule has 2 heterocycles. The molecular formula is C19H15ClN4O3. The van der Waals surface area contributed by atoms with Gasteiger partial charge in [0.15, 0.2) is 0 Å². The Labute approximate surface area is 159 Å². The molecule has 0 saturated heterocycles. The molecule has 1 unspecified atom stereocenters. The molecule has 0 spiro atoms. The molecule has 0 fully saturated rings. The zero-order chi connectivity index (χ0) is 19.2. The van der Waals surface area contributed by atoms with Crippen LogP contribution in [0, 0.1) is 10.1 Å². The molecule has 8 heteroatoms. The fraction of sp³-hybridized carbons (Fsp3) is 0.0526. The van der Waals surface area contributed by atoms with Crippen molar-refractivity contribution in [1.29, 1.82) is 0 Å². The Morgan fingerprint density at radius 2 is 1.89 bits per heavy atom. The summed E-state index contributed by atoms with van der Waals surface area (Å²) in [5.41, 5.74) is 2.07. The summed E-state index contributed by atoms with van der Waals surface area (Å²) < 4.78 is 2.06. The van der Waals surface area contributed by atoms with Crippen LogP contribution in [0.2, 0.25) is 5.02 Å². The van der Waals surface area contributed by atoms with Crippen molar-refractivity contribution >= 4 is 22.4 Å². The maximum atomic E-state index is 8.36. The smallest absolute Gasteiger partial charge is 0.291 e. The summed E-state index contributed by atoms with van der Waals surface area (Å²) in [5, 5.41) is 16.7. The van der Waals surface area contributed by atoms with Crippen molar-refractivity contribution in [2.45, 2.75) is 6.04 Å². The van der Waals surface area contributed by atoms with Crippen LogP contribution in [0.4, 0.5) is 0 Å². The molecule has 4 aromatic rings. The molecule has 0 aliphatic heterocycles. The van der Waals surface area contributed by atoms with Gasteiger partial charge in [0.25, 0.3) is 5.09 Å². The van der Waals surface area contributed by atoms with Crippen LogP contribution in [0.3, 0.4) is 0 Å². The van der Waals surface area contributed by atoms with E-state index in [1.165, 1.54) is 5.39 Å². The molecule has 27 heavy (non-hydrogen) atoms. The molecule has 2 aromatic heterocycles. The predicted molar refractivity (Wildman–Crippen MR) is 101 cm³/mol. The molecule has 0 aliphatic carbocycles. The van der Waals surface area contributed by atoms with Gasteiger partial charge in [0, 0.05) is 29.0 Å². The minimum Gasteiger partial charge on any atom is -0.328 e. The second kappa shape index (κ2) is 8.29. The number of rotatable bonds is 3. The summed E-state index contributed by atoms with van der Waals surface area (Å²) in [6.07, 6.45) is 7.40. The third kappa shape index (κ3) is 4.39. The average molecular weight is 383 g/mol. The lowest BCUT2D eigenvalue weighted by molar-refractivity contribution is -0.742. The summed E-state index contributed by atoms with van der Waals surface area (Å²) >= 11 is 6.21. The maximum Gasteiger partial charge on any atom is 0.291 e. The molecule has 1 atom stereocenters. The zero-order valence-corrected chi connectivity index (χ0v) is 14.8. The van der Waals surface area contributed by atoms with Crippen molar-refractivity contribution in [3.8, 4) is 0 Å². The second-order valence-electron chi connectivity index (χ2n) is 5.62. The first kappa shape index (κ1) is 18.3. The SMILES string of the molecule is Clc1cccc(C(c2nccc3ccccc23)n2ccnc2)c1.O=[N+]([O-])O. The Morgan fingerprint density at radius 3 is 2.59 bits per heavy atom. The van der Waals surface area contributed by atoms with E-state index in [4.69, 9.17) is 26.9 Å². The van der Waals surface area contributed by atoms with E-state index in [2.05, 4.69) is 32.7 Å². The molecule has 1 N–H and O–H groups in total. The first-order chi connectivity index (χ1) is 13.1. The van der Waals surface area contributed by atoms with Gasteiger partial charge in [0.05, 0.1) is 12.0 Å². The Morgan fingerprint density at radius 1 is 1.11 bits per heavy atom. The number of benzene rings is 2. The van der Waals surface area contributed by atoms with Gasteiger partial charge in [0.1, 0.15) is 6.04 Å². The Hall–Kier alpha value is -3.45. The van der Waals surface area contributed by atoms with Gasteiger partial charge in [-0.15, -0.1) is 10.1 Å². The molecule has 136 valence electrons. The Bertz CT molecular complexity index is 1040. The predicted octanol–water partition coefficient (Wildman–Crippen LogP) is 4.37. The van der Waals surface area contributed by atoms with Crippen LogP contribution in [0.15, 0.2) is 79.5 Å². The van der Waals surface area contributed by atoms with E-state index in [0.717, 1.165) is 16.6 Å². The summed E-state index contributed by atoms with van der Waals surface area (Å²) in [6.45, 7) is 0. The van der Waals surface area contributed by atoms with Crippen molar-refractivity contribution in [3.63, 3.8) is 0 Å². The molecule has 0 saturated carbocycles. The number of aromatic nitrogens is 3. The Balaban J connectivity index is 0.000000481. The summed E-state index contributed by atoms with van der Waals surface area (Å²) in [4.78, 5) is 17.2. The van der Waals surface area contributed by atoms with Gasteiger partial charge in [0.2, 0.25) is 0 Å². The highest BCUT2D eigenvalue weighted by atomic mass is 35.5. The van der Waals surface area contributed by atoms with E-state index in [1.54, 1.807) is 6.20 Å². The number of halogens is 1. The largest absolute Gasteiger partial charge is 0.328 e. The highest BCUT2D eigenvalue weighted by Crippen LogP contribution is 2.31. The van der Waals surface area contributed by atoms with Crippen LogP contribution >= 0.6 is 11.6 Å². The van der Waals surface area contributed by atoms with Crippen LogP contribution in [-0.4, -0.2) is 24.8 Å². The monoisotopic (exact) mass is 382 g/mol. The molecular weight excluding hydrogens is 368 g/mol. The number of nitrogens with zero attached hydrogens (tertiary/aromatic N) is 4. The topological polar surface area (TPSA) is 94.1 Å². The van der Waals surface area contributed by atoms with E-state index in [1.807, 2.05) is 55.1 Å². The lowest BCUT2D eigenvalue weighted by atomic mass is 9.98. The first-order valence-electron chi connectivity index (χ1n) is 7.96. The molecule has 0 aliphatic rings. The lowest BCUT2D eigenvalue weighted by Gasteiger charge is -2.20. The van der Waals surface area contributed by atoms with Crippen molar-refractivity contribution in [1.82, 2.24) is 14.5 Å². The van der Waals surface area contributed by atoms with Gasteiger partial charge < -0.3 is 9.77 Å². The fourth-order valence-electron chi connectivity index (χ4n) is 2.93. The van der Waals surface area contributed by atoms with Gasteiger partial charge in [-0.05, 0) is 29.1 Å². The normalized spacial score (nSPS) is 11.4. The third-order valence-electron chi connectivity index (χ3n) is 3.95. The van der Waals surface area contributed by atoms with E-state index in [9.17, 15) is 0 Å². The highest BCUT2D eigenvalue weighted by Gasteiger charge is 2.20. The van der Waals surface area contributed by atoms with Crippen LogP contribution in [0.1, 0.15) is 17.3 Å². The summed E-state index contributed by atoms with van der Waals surface area (Å²) in [5.74, 6) is 0. The zero-order valence-electron chi connectivity index (χ0n) is 14.0. The third-order valence-corrected chi connectivity index (χ3v) is 4.19. The molecule has 4 rings (SSSR count). The minimum atomic E-state index is -1.50. The van der Waals surface area contributed by atoms with Gasteiger partial charge in [-0.2, -0.15) is 0 Å². The van der Waals surface area contributed by atoms with E-state index in [-0.39, 0.29) is 6.04 Å². The van der Waals surface area contributed by atoms with Crippen molar-refractivity contribution < 1.29 is 10.3 Å². The van der Waals surface area contributed by atoms with E-state index < -0.39 is 5.09 Å². The fourth-order valence-corrected chi connectivity index (χ4v) is 3.13. The Kier molecular flexibility index (Phi) is 5.63. The molecule has 2 aromatic carbocycles. The van der Waals surface area contributed by atoms with Crippen molar-refractivity contribution in [2.75, 3.05) is 0 Å². The first-order valence-corrected chi connectivity index (χ1v) is 8.34. The van der Waals surface area contributed by atoms with Gasteiger partial charge in [-0.1, -0.05) is 48.0 Å². The standard InChI is InChI=1S/C19H14ClN3.HNO3/c20-16-6-3-5-15(12-16)19(23-11-10-21-13-23)18-17-7-2-1-4-14(17)8-9-22-18;2-1(3)4/h1-13,19H;(H,2,3,4). The van der Waals surface area contributed by atoms with E-state index >= 15 is 0 Å². The lowest BCUT2D eigenvalue weighted by Crippen LogP contribution is -2.12. The average Bonchev–Trinajstić information content (AvgIpc) is 3.16. The second-order valence-corrected chi connectivity index (χ2v) is 6.06. The minimum absolute atomic E-state index is 0.0673. The molecule has 0 radical (unpaired) electrons. The van der Waals surface area contributed by atoms with Gasteiger partial charge in [-0.3, -0.25) is 4.98 Å². The number of imidazole rings is 1. The molecule has 0 bridgehead atoms. The van der Waals surface area contributed by atoms with Gasteiger partial charge >= 0.3 is 0 Å². The van der Waals surface area contributed by atoms with Crippen LogP contribution in [-0.2, 0) is 0 Å². The maximum absolute atomic E-state index is 8.36. The van der Waals surface area contributed by atoms with Crippen molar-refractivity contribution in [2.24, 2.45) is 0 Å². The van der Waals surface area contributed by atoms with Crippen LogP contribution < -0.4 is 0 Å². The number of fused-ring (bicyclic) bond motifs is 1. The van der Waals surface area contributed by atoms with Crippen molar-refractivity contribution in [3.05, 3.63) is 106 Å². The molecule has 0 amide bonds. The number of pyridine rings is 1. The highest BCUT2D eigenvalue weighted by molar-refractivity contribution is 6.30. The van der Waals surface area contributed by atoms with Crippen LogP contribution in [0.25, 0.3) is 10.8 Å². The summed E-state index contributed by atoms with van der Waals surface area (Å²) in [6, 6.07) is 18.1. The number of hydrogen-bond acceptors (Lipinski definition) is 4. The number of hydrogen-bond donors (Lipinski definition) is 1. The quantitative estimate of drug-likeness (QED) is 0.419. The van der Waals surface area contributed by atoms with Crippen LogP contribution in [0.5, 0.6) is 0 Å².